The first kappa shape index (κ1) is 24.8. The van der Waals surface area contributed by atoms with Crippen LogP contribution in [-0.2, 0) is 13.5 Å². The molecule has 7 rings (SSSR count). The summed E-state index contributed by atoms with van der Waals surface area (Å²) < 4.78 is 28.5. The quantitative estimate of drug-likeness (QED) is 0.280. The Labute approximate surface area is 232 Å². The van der Waals surface area contributed by atoms with Crippen LogP contribution >= 0.6 is 11.8 Å². The van der Waals surface area contributed by atoms with E-state index in [-0.39, 0.29) is 0 Å². The minimum absolute atomic E-state index is 0.381. The van der Waals surface area contributed by atoms with Gasteiger partial charge in [-0.25, -0.2) is 18.7 Å². The number of rotatable bonds is 5. The summed E-state index contributed by atoms with van der Waals surface area (Å²) in [5, 5.41) is 11.2. The van der Waals surface area contributed by atoms with Crippen molar-refractivity contribution in [1.82, 2.24) is 29.6 Å². The Bertz CT molecular complexity index is 1740. The maximum Gasteiger partial charge on any atom is 0.282 e. The average molecular weight is 558 g/mol. The summed E-state index contributed by atoms with van der Waals surface area (Å²) in [5.41, 5.74) is 6.03. The van der Waals surface area contributed by atoms with Crippen molar-refractivity contribution in [2.24, 2.45) is 7.05 Å². The summed E-state index contributed by atoms with van der Waals surface area (Å²) in [6.45, 7) is -1.08. The van der Waals surface area contributed by atoms with E-state index in [4.69, 9.17) is 9.97 Å². The van der Waals surface area contributed by atoms with Gasteiger partial charge in [0.2, 0.25) is 0 Å². The van der Waals surface area contributed by atoms with Gasteiger partial charge in [0.15, 0.2) is 5.82 Å². The Hall–Kier alpha value is -4.25. The lowest BCUT2D eigenvalue weighted by molar-refractivity contribution is -0.113. The van der Waals surface area contributed by atoms with Crippen molar-refractivity contribution >= 4 is 40.1 Å². The first-order chi connectivity index (χ1) is 19.3. The predicted octanol–water partition coefficient (Wildman–Crippen LogP) is 5.90. The number of H-pyrrole nitrogens is 1. The molecule has 2 N–H and O–H groups in total. The molecule has 0 aliphatic carbocycles. The molecule has 1 amide bonds. The highest BCUT2D eigenvalue weighted by molar-refractivity contribution is 7.99. The maximum absolute atomic E-state index is 13.4. The monoisotopic (exact) mass is 557 g/mol. The van der Waals surface area contributed by atoms with Crippen LogP contribution in [0.25, 0.3) is 33.4 Å². The number of thioether (sulfide) groups is 1. The van der Waals surface area contributed by atoms with Crippen molar-refractivity contribution in [3.63, 3.8) is 0 Å². The molecule has 8 nitrogen and oxygen atoms in total. The number of likely N-dealkylation sites (tertiary alicyclic amines) is 1. The molecule has 0 bridgehead atoms. The molecule has 1 saturated heterocycles. The molecule has 0 spiro atoms. The molecule has 5 aromatic rings. The van der Waals surface area contributed by atoms with Gasteiger partial charge < -0.3 is 14.8 Å². The molecular formula is C29H25F2N7OS. The highest BCUT2D eigenvalue weighted by atomic mass is 32.2. The van der Waals surface area contributed by atoms with Gasteiger partial charge in [0.25, 0.3) is 11.8 Å². The second-order valence-electron chi connectivity index (χ2n) is 10.2. The number of aryl methyl sites for hydroxylation is 2. The van der Waals surface area contributed by atoms with Crippen LogP contribution in [0.15, 0.2) is 65.8 Å². The van der Waals surface area contributed by atoms with Gasteiger partial charge in [-0.15, -0.1) is 11.8 Å². The molecule has 11 heteroatoms. The smallest absolute Gasteiger partial charge is 0.282 e. The van der Waals surface area contributed by atoms with Crippen LogP contribution in [0.5, 0.6) is 0 Å². The zero-order valence-corrected chi connectivity index (χ0v) is 22.4. The van der Waals surface area contributed by atoms with Crippen LogP contribution in [0, 0.1) is 0 Å². The Kier molecular flexibility index (Phi) is 5.85. The summed E-state index contributed by atoms with van der Waals surface area (Å²) in [6, 6.07) is 15.7. The van der Waals surface area contributed by atoms with E-state index in [9.17, 15) is 13.6 Å². The SMILES string of the molecule is Cn1c(C(=O)N2CC(F)(F)C2)cc2ccc(-c3nc4c(c(Nc5ccc(-c6cn[nH]c6)cc5)n3)SCCC4)cc21. The normalized spacial score (nSPS) is 16.0. The fourth-order valence-corrected chi connectivity index (χ4v) is 6.27. The Morgan fingerprint density at radius 3 is 2.60 bits per heavy atom. The number of halogens is 2. The maximum atomic E-state index is 13.4. The number of hydrogen-bond donors (Lipinski definition) is 2. The number of carbonyl (C=O) groups is 1. The zero-order valence-electron chi connectivity index (χ0n) is 21.6. The van der Waals surface area contributed by atoms with Gasteiger partial charge in [0, 0.05) is 41.0 Å². The lowest BCUT2D eigenvalue weighted by atomic mass is 10.1. The molecule has 2 aliphatic rings. The third kappa shape index (κ3) is 4.40. The molecule has 5 heterocycles. The van der Waals surface area contributed by atoms with Gasteiger partial charge in [-0.2, -0.15) is 5.10 Å². The molecule has 40 heavy (non-hydrogen) atoms. The Balaban J connectivity index is 1.22. The van der Waals surface area contributed by atoms with Crippen LogP contribution in [0.4, 0.5) is 20.3 Å². The number of amides is 1. The largest absolute Gasteiger partial charge is 0.340 e. The van der Waals surface area contributed by atoms with Gasteiger partial charge in [-0.05, 0) is 48.4 Å². The number of nitrogens with zero attached hydrogens (tertiary/aromatic N) is 5. The Morgan fingerprint density at radius 2 is 1.85 bits per heavy atom. The summed E-state index contributed by atoms with van der Waals surface area (Å²) >= 11 is 1.76. The lowest BCUT2D eigenvalue weighted by Crippen LogP contribution is -2.58. The molecule has 0 unspecified atom stereocenters. The van der Waals surface area contributed by atoms with Crippen molar-refractivity contribution < 1.29 is 13.6 Å². The molecule has 2 aromatic carbocycles. The standard InChI is InChI=1S/C29H25F2N7OS/c1-37-23-12-19(5-4-18(23)11-24(37)28(39)38-15-29(30,31)16-38)26-35-22-3-2-10-40-25(22)27(36-26)34-21-8-6-17(7-9-21)20-13-32-33-14-20/h4-9,11-14H,2-3,10,15-16H2,1H3,(H,32,33)(H,34,35,36). The highest BCUT2D eigenvalue weighted by Gasteiger charge is 2.46. The van der Waals surface area contributed by atoms with Crippen molar-refractivity contribution in [3.8, 4) is 22.5 Å². The number of hydrogen-bond acceptors (Lipinski definition) is 6. The number of anilines is 2. The van der Waals surface area contributed by atoms with E-state index < -0.39 is 24.9 Å². The van der Waals surface area contributed by atoms with Crippen LogP contribution in [0.2, 0.25) is 0 Å². The van der Waals surface area contributed by atoms with E-state index >= 15 is 0 Å². The average Bonchev–Trinajstić information content (AvgIpc) is 3.60. The first-order valence-electron chi connectivity index (χ1n) is 13.0. The van der Waals surface area contributed by atoms with E-state index in [0.717, 1.165) is 68.3 Å². The third-order valence-electron chi connectivity index (χ3n) is 7.37. The number of benzene rings is 2. The van der Waals surface area contributed by atoms with Gasteiger partial charge >= 0.3 is 0 Å². The predicted molar refractivity (Wildman–Crippen MR) is 151 cm³/mol. The minimum Gasteiger partial charge on any atom is -0.340 e. The summed E-state index contributed by atoms with van der Waals surface area (Å²) in [6.07, 6.45) is 5.57. The first-order valence-corrected chi connectivity index (χ1v) is 14.0. The molecule has 1 fully saturated rings. The van der Waals surface area contributed by atoms with E-state index in [1.807, 2.05) is 48.7 Å². The van der Waals surface area contributed by atoms with Gasteiger partial charge in [-0.3, -0.25) is 9.89 Å². The number of alkyl halides is 2. The molecule has 202 valence electrons. The van der Waals surface area contributed by atoms with Crippen LogP contribution in [-0.4, -0.2) is 60.3 Å². The van der Waals surface area contributed by atoms with E-state index in [0.29, 0.717) is 11.5 Å². The van der Waals surface area contributed by atoms with Gasteiger partial charge in [0.1, 0.15) is 11.5 Å². The van der Waals surface area contributed by atoms with E-state index in [2.05, 4.69) is 15.5 Å². The van der Waals surface area contributed by atoms with Crippen LogP contribution in [0.1, 0.15) is 22.6 Å². The summed E-state index contributed by atoms with van der Waals surface area (Å²) in [4.78, 5) is 25.0. The minimum atomic E-state index is -2.80. The van der Waals surface area contributed by atoms with E-state index in [1.54, 1.807) is 35.6 Å². The molecule has 0 atom stereocenters. The van der Waals surface area contributed by atoms with Gasteiger partial charge in [-0.1, -0.05) is 24.3 Å². The lowest BCUT2D eigenvalue weighted by Gasteiger charge is -2.38. The molecule has 2 aliphatic heterocycles. The fourth-order valence-electron chi connectivity index (χ4n) is 5.23. The van der Waals surface area contributed by atoms with Crippen molar-refractivity contribution in [2.75, 3.05) is 24.2 Å². The molecule has 3 aromatic heterocycles. The number of aromatic amines is 1. The van der Waals surface area contributed by atoms with E-state index in [1.165, 1.54) is 4.90 Å². The van der Waals surface area contributed by atoms with Crippen molar-refractivity contribution in [2.45, 2.75) is 23.7 Å². The van der Waals surface area contributed by atoms with Crippen LogP contribution in [0.3, 0.4) is 0 Å². The van der Waals surface area contributed by atoms with Crippen molar-refractivity contribution in [3.05, 3.63) is 72.3 Å². The number of nitrogens with one attached hydrogen (secondary N) is 2. The summed E-state index contributed by atoms with van der Waals surface area (Å²) in [7, 11) is 1.78. The molecule has 0 saturated carbocycles. The number of carbonyl (C=O) groups excluding carboxylic acids is 1. The van der Waals surface area contributed by atoms with Crippen LogP contribution < -0.4 is 5.32 Å². The van der Waals surface area contributed by atoms with Crippen molar-refractivity contribution in [1.29, 1.82) is 0 Å². The highest BCUT2D eigenvalue weighted by Crippen LogP contribution is 2.38. The Morgan fingerprint density at radius 1 is 1.05 bits per heavy atom. The second kappa shape index (κ2) is 9.44. The van der Waals surface area contributed by atoms with Gasteiger partial charge in [0.05, 0.1) is 29.9 Å². The summed E-state index contributed by atoms with van der Waals surface area (Å²) in [5.74, 6) is -0.819. The topological polar surface area (TPSA) is 91.7 Å². The molecule has 0 radical (unpaired) electrons. The third-order valence-corrected chi connectivity index (χ3v) is 8.58. The molecular weight excluding hydrogens is 532 g/mol. The second-order valence-corrected chi connectivity index (χ2v) is 11.3. The number of fused-ring (bicyclic) bond motifs is 2. The zero-order chi connectivity index (χ0) is 27.4. The number of aromatic nitrogens is 5. The fraction of sp³-hybridized carbons (Fsp3) is 0.241.